The summed E-state index contributed by atoms with van der Waals surface area (Å²) >= 11 is 1.44. The van der Waals surface area contributed by atoms with E-state index in [0.717, 1.165) is 10.2 Å². The molecule has 2 aliphatic rings. The smallest absolute Gasteiger partial charge is 0.338 e. The number of aromatic nitrogens is 1. The second-order valence-electron chi connectivity index (χ2n) is 14.1. The highest BCUT2D eigenvalue weighted by molar-refractivity contribution is 7.22. The van der Waals surface area contributed by atoms with Crippen molar-refractivity contribution >= 4 is 56.8 Å². The predicted octanol–water partition coefficient (Wildman–Crippen LogP) is 8.40. The minimum absolute atomic E-state index is 0.242. The number of esters is 4. The highest BCUT2D eigenvalue weighted by atomic mass is 32.1. The summed E-state index contributed by atoms with van der Waals surface area (Å²) in [5.41, 5.74) is 5.05. The molecule has 300 valence electrons. The highest BCUT2D eigenvalue weighted by Gasteiger charge is 2.32. The lowest BCUT2D eigenvalue weighted by atomic mass is 9.87. The fourth-order valence-electron chi connectivity index (χ4n) is 6.98. The number of carbonyl (C=O) groups excluding carboxylic acids is 4. The Morgan fingerprint density at radius 1 is 0.655 bits per heavy atom. The first-order chi connectivity index (χ1) is 28.2. The molecule has 5 aromatic rings. The van der Waals surface area contributed by atoms with Crippen molar-refractivity contribution < 1.29 is 47.6 Å². The summed E-state index contributed by atoms with van der Waals surface area (Å²) in [5.74, 6) is -0.627. The summed E-state index contributed by atoms with van der Waals surface area (Å²) in [6.07, 6.45) is 4.93. The molecular weight excluding hydrogens is 763 g/mol. The number of ether oxygens (including phenoxy) is 6. The molecule has 1 N–H and O–H groups in total. The van der Waals surface area contributed by atoms with E-state index in [4.69, 9.17) is 28.4 Å². The molecule has 0 atom stereocenters. The van der Waals surface area contributed by atoms with Crippen LogP contribution < -0.4 is 24.4 Å². The van der Waals surface area contributed by atoms with E-state index < -0.39 is 29.8 Å². The van der Waals surface area contributed by atoms with E-state index in [1.165, 1.54) is 17.6 Å². The van der Waals surface area contributed by atoms with Crippen LogP contribution in [0.4, 0.5) is 5.13 Å². The molecule has 0 unspecified atom stereocenters. The fourth-order valence-corrected chi connectivity index (χ4v) is 7.79. The Morgan fingerprint density at radius 2 is 1.17 bits per heavy atom. The number of hydrogen-bond donors (Lipinski definition) is 1. The molecule has 1 heterocycles. The molecule has 2 aliphatic carbocycles. The number of nitrogens with zero attached hydrogens (tertiary/aromatic N) is 2. The van der Waals surface area contributed by atoms with Gasteiger partial charge in [0, 0.05) is 5.56 Å². The van der Waals surface area contributed by atoms with Crippen LogP contribution in [0.1, 0.15) is 77.6 Å². The number of thiazole rings is 1. The quantitative estimate of drug-likeness (QED) is 0.0525. The molecule has 0 radical (unpaired) electrons. The largest absolute Gasteiger partial charge is 0.497 e. The number of hydrazone groups is 1. The number of para-hydroxylation sites is 1. The van der Waals surface area contributed by atoms with Crippen LogP contribution >= 0.6 is 11.3 Å². The van der Waals surface area contributed by atoms with Crippen LogP contribution in [0.25, 0.3) is 10.2 Å². The van der Waals surface area contributed by atoms with Gasteiger partial charge in [-0.15, -0.1) is 0 Å². The normalized spacial score (nSPS) is 19.2. The van der Waals surface area contributed by atoms with Crippen LogP contribution in [0.5, 0.6) is 23.0 Å². The lowest BCUT2D eigenvalue weighted by Gasteiger charge is -2.27. The first-order valence-corrected chi connectivity index (χ1v) is 20.0. The van der Waals surface area contributed by atoms with Crippen molar-refractivity contribution in [1.29, 1.82) is 0 Å². The summed E-state index contributed by atoms with van der Waals surface area (Å²) in [6, 6.07) is 25.9. The van der Waals surface area contributed by atoms with Crippen LogP contribution in [0.3, 0.4) is 0 Å². The van der Waals surface area contributed by atoms with Crippen molar-refractivity contribution in [2.75, 3.05) is 19.6 Å². The van der Waals surface area contributed by atoms with Crippen molar-refractivity contribution in [1.82, 2.24) is 4.98 Å². The lowest BCUT2D eigenvalue weighted by Crippen LogP contribution is -2.30. The minimum Gasteiger partial charge on any atom is -0.497 e. The number of anilines is 1. The molecule has 0 aliphatic heterocycles. The molecule has 58 heavy (non-hydrogen) atoms. The Kier molecular flexibility index (Phi) is 12.9. The molecule has 1 aromatic heterocycles. The molecule has 0 amide bonds. The fraction of sp³-hybridized carbons (Fsp3) is 0.318. The van der Waals surface area contributed by atoms with Crippen LogP contribution in [0.2, 0.25) is 0 Å². The second-order valence-corrected chi connectivity index (χ2v) is 15.1. The van der Waals surface area contributed by atoms with Crippen LogP contribution in [-0.2, 0) is 19.1 Å². The topological polar surface area (TPSA) is 161 Å². The molecule has 2 fully saturated rings. The van der Waals surface area contributed by atoms with Gasteiger partial charge in [-0.2, -0.15) is 5.10 Å². The number of hydrogen-bond acceptors (Lipinski definition) is 14. The Labute approximate surface area is 339 Å². The van der Waals surface area contributed by atoms with E-state index >= 15 is 0 Å². The molecular formula is C44H43N3O10S. The third kappa shape index (κ3) is 10.2. The molecule has 0 spiro atoms. The predicted molar refractivity (Wildman–Crippen MR) is 217 cm³/mol. The summed E-state index contributed by atoms with van der Waals surface area (Å²) < 4.78 is 34.5. The van der Waals surface area contributed by atoms with E-state index in [2.05, 4.69) is 15.5 Å². The van der Waals surface area contributed by atoms with Crippen LogP contribution in [0, 0.1) is 11.8 Å². The Bertz CT molecular complexity index is 2220. The number of methoxy groups -OCH3 is 2. The van der Waals surface area contributed by atoms with Gasteiger partial charge >= 0.3 is 23.9 Å². The Hall–Kier alpha value is -6.28. The van der Waals surface area contributed by atoms with E-state index in [1.807, 2.05) is 24.3 Å². The van der Waals surface area contributed by atoms with Crippen molar-refractivity contribution in [2.45, 2.75) is 63.6 Å². The van der Waals surface area contributed by atoms with Crippen LogP contribution in [0.15, 0.2) is 96.1 Å². The second kappa shape index (κ2) is 18.8. The third-order valence-electron chi connectivity index (χ3n) is 10.3. The Morgan fingerprint density at radius 3 is 1.71 bits per heavy atom. The summed E-state index contributed by atoms with van der Waals surface area (Å²) in [7, 11) is 3.12. The van der Waals surface area contributed by atoms with Gasteiger partial charge in [0.15, 0.2) is 0 Å². The number of fused-ring (bicyclic) bond motifs is 1. The van der Waals surface area contributed by atoms with Gasteiger partial charge in [-0.25, -0.2) is 14.6 Å². The summed E-state index contributed by atoms with van der Waals surface area (Å²) in [5, 5.41) is 4.95. The van der Waals surface area contributed by atoms with Crippen molar-refractivity contribution in [3.05, 3.63) is 108 Å². The van der Waals surface area contributed by atoms with Crippen molar-refractivity contribution in [3.63, 3.8) is 0 Å². The molecule has 0 saturated heterocycles. The average molecular weight is 806 g/mol. The average Bonchev–Trinajstić information content (AvgIpc) is 3.68. The van der Waals surface area contributed by atoms with E-state index in [0.29, 0.717) is 84.7 Å². The maximum Gasteiger partial charge on any atom is 0.338 e. The molecule has 13 nitrogen and oxygen atoms in total. The highest BCUT2D eigenvalue weighted by Crippen LogP contribution is 2.33. The van der Waals surface area contributed by atoms with Gasteiger partial charge < -0.3 is 28.4 Å². The van der Waals surface area contributed by atoms with E-state index in [9.17, 15) is 19.2 Å². The maximum atomic E-state index is 13.5. The SMILES string of the molecule is COc1ccc(C(=O)O[C@H]2CC[C@H](C(=O)Oc3ccc(OC(=O)[C@H]4CC[C@H](OC(=O)c5ccc(OC)cc5)CC4)c(/C=N/Nc4nc5ccccc5s4)c3)CC2)cc1. The van der Waals surface area contributed by atoms with Gasteiger partial charge in [0.2, 0.25) is 5.13 Å². The van der Waals surface area contributed by atoms with Gasteiger partial charge in [-0.3, -0.25) is 15.0 Å². The molecule has 14 heteroatoms. The molecule has 2 saturated carbocycles. The zero-order valence-electron chi connectivity index (χ0n) is 32.1. The zero-order valence-corrected chi connectivity index (χ0v) is 32.9. The molecule has 0 bridgehead atoms. The Balaban J connectivity index is 0.963. The summed E-state index contributed by atoms with van der Waals surface area (Å²) in [4.78, 5) is 56.7. The first-order valence-electron chi connectivity index (χ1n) is 19.2. The van der Waals surface area contributed by atoms with Gasteiger partial charge in [-0.05, 0) is 130 Å². The number of benzene rings is 4. The lowest BCUT2D eigenvalue weighted by molar-refractivity contribution is -0.141. The van der Waals surface area contributed by atoms with Gasteiger partial charge in [-0.1, -0.05) is 23.5 Å². The van der Waals surface area contributed by atoms with Gasteiger partial charge in [0.25, 0.3) is 0 Å². The van der Waals surface area contributed by atoms with E-state index in [-0.39, 0.29) is 29.6 Å². The maximum absolute atomic E-state index is 13.5. The number of rotatable bonds is 13. The molecule has 7 rings (SSSR count). The number of carbonyl (C=O) groups is 4. The van der Waals surface area contributed by atoms with Crippen molar-refractivity contribution in [3.8, 4) is 23.0 Å². The van der Waals surface area contributed by atoms with Gasteiger partial charge in [0.1, 0.15) is 35.2 Å². The zero-order chi connectivity index (χ0) is 40.4. The first kappa shape index (κ1) is 39.9. The third-order valence-corrected chi connectivity index (χ3v) is 11.2. The standard InChI is InChI=1S/C44H43N3O10S/c1-52-32-15-7-27(8-16-32)40(48)54-34-19-11-29(12-20-34)42(50)56-36-23-24-38(31(25-36)26-45-47-44-46-37-5-3-4-6-39(37)58-44)57-43(51)30-13-21-35(22-14-30)55-41(49)28-9-17-33(53-2)18-10-28/h3-10,15-18,23-26,29-30,34-35H,11-14,19-22H2,1-2H3,(H,46,47)/b45-26+/t29-,30-,34-,35-. The summed E-state index contributed by atoms with van der Waals surface area (Å²) in [6.45, 7) is 0. The number of nitrogens with one attached hydrogen (secondary N) is 1. The van der Waals surface area contributed by atoms with E-state index in [1.54, 1.807) is 80.9 Å². The van der Waals surface area contributed by atoms with Crippen molar-refractivity contribution in [2.24, 2.45) is 16.9 Å². The minimum atomic E-state index is -0.420. The van der Waals surface area contributed by atoms with Gasteiger partial charge in [0.05, 0.1) is 53.6 Å². The molecule has 4 aromatic carbocycles. The monoisotopic (exact) mass is 805 g/mol. The van der Waals surface area contributed by atoms with Crippen LogP contribution in [-0.4, -0.2) is 61.5 Å².